The molecule has 1 aliphatic rings. The average Bonchev–Trinajstić information content (AvgIpc) is 2.77. The Kier molecular flexibility index (Phi) is 7.30. The monoisotopic (exact) mass is 429 g/mol. The fourth-order valence-electron chi connectivity index (χ4n) is 3.44. The first-order chi connectivity index (χ1) is 14.5. The number of hydrogen-bond donors (Lipinski definition) is 2. The van der Waals surface area contributed by atoms with Crippen molar-refractivity contribution in [3.05, 3.63) is 64.7 Å². The Balaban J connectivity index is 1.54. The Morgan fingerprint density at radius 2 is 1.90 bits per heavy atom. The van der Waals surface area contributed by atoms with E-state index < -0.39 is 5.91 Å². The number of carbonyl (C=O) groups excluding carboxylic acids is 3. The molecular weight excluding hydrogens is 406 g/mol. The number of hydrogen-bond acceptors (Lipinski definition) is 4. The van der Waals surface area contributed by atoms with Crippen LogP contribution in [0.3, 0.4) is 0 Å². The van der Waals surface area contributed by atoms with E-state index >= 15 is 0 Å². The molecule has 1 atom stereocenters. The number of halogens is 1. The number of likely N-dealkylation sites (tertiary alicyclic amines) is 1. The number of methoxy groups -OCH3 is 1. The summed E-state index contributed by atoms with van der Waals surface area (Å²) in [7, 11) is 1.43. The summed E-state index contributed by atoms with van der Waals surface area (Å²) >= 11 is 5.91. The van der Waals surface area contributed by atoms with Crippen molar-refractivity contribution in [1.82, 2.24) is 15.8 Å². The SMILES string of the molecule is COc1cc(Cl)ccc1C(=O)NNC(=O)C1CCCN(C(=O)Cc2ccccc2)C1. The van der Waals surface area contributed by atoms with Gasteiger partial charge in [0.25, 0.3) is 5.91 Å². The average molecular weight is 430 g/mol. The van der Waals surface area contributed by atoms with Gasteiger partial charge in [-0.15, -0.1) is 0 Å². The smallest absolute Gasteiger partial charge is 0.273 e. The second-order valence-corrected chi connectivity index (χ2v) is 7.57. The molecule has 0 bridgehead atoms. The molecule has 2 N–H and O–H groups in total. The Hall–Kier alpha value is -3.06. The fraction of sp³-hybridized carbons (Fsp3) is 0.318. The Morgan fingerprint density at radius 1 is 1.13 bits per heavy atom. The zero-order valence-corrected chi connectivity index (χ0v) is 17.4. The molecule has 1 aliphatic heterocycles. The first kappa shape index (κ1) is 21.6. The van der Waals surface area contributed by atoms with Gasteiger partial charge in [0.1, 0.15) is 5.75 Å². The summed E-state index contributed by atoms with van der Waals surface area (Å²) in [5.74, 6) is -0.915. The standard InChI is InChI=1S/C22H24ClN3O4/c1-30-19-13-17(23)9-10-18(19)22(29)25-24-21(28)16-8-5-11-26(14-16)20(27)12-15-6-3-2-4-7-15/h2-4,6-7,9-10,13,16H,5,8,11-12,14H2,1H3,(H,24,28)(H,25,29). The number of carbonyl (C=O) groups is 3. The van der Waals surface area contributed by atoms with Crippen molar-refractivity contribution in [1.29, 1.82) is 0 Å². The van der Waals surface area contributed by atoms with Crippen LogP contribution in [0.5, 0.6) is 5.75 Å². The summed E-state index contributed by atoms with van der Waals surface area (Å²) in [6.07, 6.45) is 1.70. The normalized spacial score (nSPS) is 15.9. The predicted octanol–water partition coefficient (Wildman–Crippen LogP) is 2.59. The largest absolute Gasteiger partial charge is 0.496 e. The van der Waals surface area contributed by atoms with E-state index in [1.807, 2.05) is 30.3 Å². The van der Waals surface area contributed by atoms with Gasteiger partial charge in [-0.05, 0) is 36.6 Å². The van der Waals surface area contributed by atoms with Crippen molar-refractivity contribution in [2.45, 2.75) is 19.3 Å². The number of piperidine rings is 1. The second kappa shape index (κ2) is 10.1. The van der Waals surface area contributed by atoms with E-state index in [2.05, 4.69) is 10.9 Å². The van der Waals surface area contributed by atoms with Gasteiger partial charge in [0.15, 0.2) is 0 Å². The Morgan fingerprint density at radius 3 is 2.63 bits per heavy atom. The molecule has 0 saturated carbocycles. The number of hydrazine groups is 1. The van der Waals surface area contributed by atoms with E-state index in [-0.39, 0.29) is 23.3 Å². The van der Waals surface area contributed by atoms with Crippen LogP contribution in [0.1, 0.15) is 28.8 Å². The molecule has 0 aliphatic carbocycles. The summed E-state index contributed by atoms with van der Waals surface area (Å²) in [6.45, 7) is 0.960. The molecule has 1 saturated heterocycles. The highest BCUT2D eigenvalue weighted by Crippen LogP contribution is 2.23. The van der Waals surface area contributed by atoms with Gasteiger partial charge < -0.3 is 9.64 Å². The lowest BCUT2D eigenvalue weighted by molar-refractivity contribution is -0.135. The fourth-order valence-corrected chi connectivity index (χ4v) is 3.60. The van der Waals surface area contributed by atoms with Crippen LogP contribution in [0.25, 0.3) is 0 Å². The van der Waals surface area contributed by atoms with E-state index in [4.69, 9.17) is 16.3 Å². The van der Waals surface area contributed by atoms with E-state index in [0.29, 0.717) is 36.7 Å². The third-order valence-electron chi connectivity index (χ3n) is 5.05. The molecule has 1 unspecified atom stereocenters. The van der Waals surface area contributed by atoms with Crippen molar-refractivity contribution in [2.24, 2.45) is 5.92 Å². The van der Waals surface area contributed by atoms with Crippen molar-refractivity contribution < 1.29 is 19.1 Å². The third kappa shape index (κ3) is 5.51. The molecular formula is C22H24ClN3O4. The zero-order valence-electron chi connectivity index (χ0n) is 16.7. The van der Waals surface area contributed by atoms with Crippen LogP contribution in [0.15, 0.2) is 48.5 Å². The van der Waals surface area contributed by atoms with Gasteiger partial charge in [-0.25, -0.2) is 0 Å². The topological polar surface area (TPSA) is 87.7 Å². The molecule has 0 aromatic heterocycles. The van der Waals surface area contributed by atoms with Crippen molar-refractivity contribution >= 4 is 29.3 Å². The Bertz CT molecular complexity index is 920. The Labute approximate surface area is 180 Å². The number of nitrogens with one attached hydrogen (secondary N) is 2. The number of nitrogens with zero attached hydrogens (tertiary/aromatic N) is 1. The van der Waals surface area contributed by atoms with Crippen LogP contribution in [0.2, 0.25) is 5.02 Å². The van der Waals surface area contributed by atoms with Gasteiger partial charge in [-0.1, -0.05) is 41.9 Å². The van der Waals surface area contributed by atoms with Crippen LogP contribution in [-0.2, 0) is 16.0 Å². The number of rotatable bonds is 5. The molecule has 1 heterocycles. The maximum Gasteiger partial charge on any atom is 0.273 e. The molecule has 3 rings (SSSR count). The van der Waals surface area contributed by atoms with Gasteiger partial charge in [0, 0.05) is 18.1 Å². The highest BCUT2D eigenvalue weighted by Gasteiger charge is 2.28. The predicted molar refractivity (Wildman–Crippen MR) is 113 cm³/mol. The molecule has 0 radical (unpaired) electrons. The van der Waals surface area contributed by atoms with E-state index in [9.17, 15) is 14.4 Å². The van der Waals surface area contributed by atoms with E-state index in [1.54, 1.807) is 11.0 Å². The minimum atomic E-state index is -0.510. The summed E-state index contributed by atoms with van der Waals surface area (Å²) in [6, 6.07) is 14.1. The van der Waals surface area contributed by atoms with Crippen molar-refractivity contribution in [3.8, 4) is 5.75 Å². The summed E-state index contributed by atoms with van der Waals surface area (Å²) in [5, 5.41) is 0.440. The lowest BCUT2D eigenvalue weighted by Crippen LogP contribution is -2.50. The lowest BCUT2D eigenvalue weighted by Gasteiger charge is -2.32. The van der Waals surface area contributed by atoms with Gasteiger partial charge in [0.05, 0.1) is 25.0 Å². The first-order valence-corrected chi connectivity index (χ1v) is 10.1. The highest BCUT2D eigenvalue weighted by atomic mass is 35.5. The first-order valence-electron chi connectivity index (χ1n) is 9.73. The molecule has 3 amide bonds. The van der Waals surface area contributed by atoms with E-state index in [1.165, 1.54) is 19.2 Å². The molecule has 2 aromatic rings. The molecule has 0 spiro atoms. The highest BCUT2D eigenvalue weighted by molar-refractivity contribution is 6.30. The molecule has 1 fully saturated rings. The quantitative estimate of drug-likeness (QED) is 0.715. The molecule has 158 valence electrons. The number of amides is 3. The second-order valence-electron chi connectivity index (χ2n) is 7.13. The van der Waals surface area contributed by atoms with Gasteiger partial charge in [-0.2, -0.15) is 0 Å². The maximum atomic E-state index is 12.6. The number of benzene rings is 2. The lowest BCUT2D eigenvalue weighted by atomic mass is 9.97. The molecule has 8 heteroatoms. The minimum absolute atomic E-state index is 0.00589. The molecule has 30 heavy (non-hydrogen) atoms. The van der Waals surface area contributed by atoms with Crippen molar-refractivity contribution in [2.75, 3.05) is 20.2 Å². The minimum Gasteiger partial charge on any atom is -0.496 e. The summed E-state index contributed by atoms with van der Waals surface area (Å²) in [4.78, 5) is 39.2. The summed E-state index contributed by atoms with van der Waals surface area (Å²) in [5.41, 5.74) is 6.07. The van der Waals surface area contributed by atoms with Gasteiger partial charge >= 0.3 is 0 Å². The number of ether oxygens (including phenoxy) is 1. The molecule has 2 aromatic carbocycles. The summed E-state index contributed by atoms with van der Waals surface area (Å²) < 4.78 is 5.16. The van der Waals surface area contributed by atoms with Crippen LogP contribution in [0, 0.1) is 5.92 Å². The third-order valence-corrected chi connectivity index (χ3v) is 5.29. The van der Waals surface area contributed by atoms with Crippen LogP contribution in [-0.4, -0.2) is 42.8 Å². The zero-order chi connectivity index (χ0) is 21.5. The maximum absolute atomic E-state index is 12.6. The molecule has 7 nitrogen and oxygen atoms in total. The van der Waals surface area contributed by atoms with Crippen LogP contribution in [0.4, 0.5) is 0 Å². The van der Waals surface area contributed by atoms with E-state index in [0.717, 1.165) is 12.0 Å². The van der Waals surface area contributed by atoms with Crippen LogP contribution < -0.4 is 15.6 Å². The van der Waals surface area contributed by atoms with Gasteiger partial charge in [-0.3, -0.25) is 25.2 Å². The van der Waals surface area contributed by atoms with Gasteiger partial charge in [0.2, 0.25) is 11.8 Å². The van der Waals surface area contributed by atoms with Crippen molar-refractivity contribution in [3.63, 3.8) is 0 Å². The van der Waals surface area contributed by atoms with Crippen LogP contribution >= 0.6 is 11.6 Å².